The summed E-state index contributed by atoms with van der Waals surface area (Å²) in [7, 11) is 1.58. The van der Waals surface area contributed by atoms with Crippen LogP contribution in [0, 0.1) is 6.92 Å². The number of hydrogen-bond donors (Lipinski definition) is 0. The molecule has 0 N–H and O–H groups in total. The summed E-state index contributed by atoms with van der Waals surface area (Å²) in [5.74, 6) is 2.11. The van der Waals surface area contributed by atoms with Crippen molar-refractivity contribution in [2.45, 2.75) is 13.8 Å². The average Bonchev–Trinajstić information content (AvgIpc) is 2.48. The van der Waals surface area contributed by atoms with E-state index in [0.29, 0.717) is 40.4 Å². The summed E-state index contributed by atoms with van der Waals surface area (Å²) in [6, 6.07) is 7.32. The smallest absolute Gasteiger partial charge is 0.234 e. The minimum absolute atomic E-state index is 0.308. The summed E-state index contributed by atoms with van der Waals surface area (Å²) in [5, 5.41) is 0.308. The van der Waals surface area contributed by atoms with E-state index in [1.807, 2.05) is 25.1 Å². The van der Waals surface area contributed by atoms with Gasteiger partial charge in [0.2, 0.25) is 5.88 Å². The molecular formula is C15H16N2O3S. The Kier molecular flexibility index (Phi) is 5.05. The minimum atomic E-state index is 0.308. The number of hydrogen-bond acceptors (Lipinski definition) is 6. The van der Waals surface area contributed by atoms with Gasteiger partial charge in [0.05, 0.1) is 13.7 Å². The summed E-state index contributed by atoms with van der Waals surface area (Å²) in [6.07, 6.45) is 1.60. The predicted octanol–water partition coefficient (Wildman–Crippen LogP) is 3.30. The van der Waals surface area contributed by atoms with Crippen LogP contribution in [0.5, 0.6) is 17.4 Å². The van der Waals surface area contributed by atoms with Gasteiger partial charge in [-0.1, -0.05) is 12.1 Å². The molecule has 0 aliphatic heterocycles. The maximum atomic E-state index is 5.84. The maximum Gasteiger partial charge on any atom is 0.234 e. The Morgan fingerprint density at radius 2 is 1.95 bits per heavy atom. The summed E-state index contributed by atoms with van der Waals surface area (Å²) in [6.45, 7) is 4.12. The largest absolute Gasteiger partial charge is 0.493 e. The molecule has 5 nitrogen and oxygen atoms in total. The highest BCUT2D eigenvalue weighted by molar-refractivity contribution is 7.80. The number of benzene rings is 1. The number of ether oxygens (including phenoxy) is 3. The molecule has 1 aromatic heterocycles. The zero-order chi connectivity index (χ0) is 15.2. The number of rotatable bonds is 5. The lowest BCUT2D eigenvalue weighted by atomic mass is 10.3. The topological polar surface area (TPSA) is 53.5 Å². The normalized spacial score (nSPS) is 10.0. The van der Waals surface area contributed by atoms with Crippen LogP contribution in [0.25, 0.3) is 0 Å². The van der Waals surface area contributed by atoms with E-state index in [1.165, 1.54) is 0 Å². The maximum absolute atomic E-state index is 5.84. The van der Waals surface area contributed by atoms with Gasteiger partial charge in [0.1, 0.15) is 11.4 Å². The van der Waals surface area contributed by atoms with Gasteiger partial charge in [-0.15, -0.1) is 0 Å². The van der Waals surface area contributed by atoms with Gasteiger partial charge in [-0.25, -0.2) is 4.98 Å². The van der Waals surface area contributed by atoms with Crippen LogP contribution in [-0.4, -0.2) is 28.7 Å². The van der Waals surface area contributed by atoms with Crippen molar-refractivity contribution in [2.24, 2.45) is 0 Å². The first-order valence-electron chi connectivity index (χ1n) is 6.47. The first-order valence-corrected chi connectivity index (χ1v) is 6.88. The van der Waals surface area contributed by atoms with Gasteiger partial charge in [0.25, 0.3) is 0 Å². The third-order valence-corrected chi connectivity index (χ3v) is 2.98. The summed E-state index contributed by atoms with van der Waals surface area (Å²) < 4.78 is 16.4. The van der Waals surface area contributed by atoms with Crippen molar-refractivity contribution in [2.75, 3.05) is 13.7 Å². The minimum Gasteiger partial charge on any atom is -0.493 e. The molecule has 0 aliphatic carbocycles. The molecule has 2 aromatic rings. The van der Waals surface area contributed by atoms with Gasteiger partial charge < -0.3 is 14.2 Å². The van der Waals surface area contributed by atoms with E-state index in [0.717, 1.165) is 0 Å². The van der Waals surface area contributed by atoms with Gasteiger partial charge >= 0.3 is 0 Å². The Hall–Kier alpha value is -2.21. The summed E-state index contributed by atoms with van der Waals surface area (Å²) >= 11 is 5.21. The fourth-order valence-electron chi connectivity index (χ4n) is 1.68. The quantitative estimate of drug-likeness (QED) is 0.790. The molecule has 110 valence electrons. The van der Waals surface area contributed by atoms with Crippen LogP contribution in [0.1, 0.15) is 18.3 Å². The first-order chi connectivity index (χ1) is 10.2. The Balaban J connectivity index is 2.38. The molecule has 0 spiro atoms. The number of aromatic nitrogens is 2. The van der Waals surface area contributed by atoms with E-state index in [1.54, 1.807) is 26.3 Å². The zero-order valence-electron chi connectivity index (χ0n) is 12.1. The third-order valence-electron chi connectivity index (χ3n) is 2.65. The van der Waals surface area contributed by atoms with Crippen molar-refractivity contribution in [1.29, 1.82) is 0 Å². The lowest BCUT2D eigenvalue weighted by Gasteiger charge is -2.13. The first kappa shape index (κ1) is 15.2. The number of thiocarbonyl (C=S) groups is 1. The fraction of sp³-hybridized carbons (Fsp3) is 0.267. The molecule has 21 heavy (non-hydrogen) atoms. The van der Waals surface area contributed by atoms with Gasteiger partial charge in [-0.2, -0.15) is 4.98 Å². The van der Waals surface area contributed by atoms with Gasteiger partial charge in [-0.3, -0.25) is 0 Å². The van der Waals surface area contributed by atoms with Crippen molar-refractivity contribution in [3.8, 4) is 17.4 Å². The highest BCUT2D eigenvalue weighted by atomic mass is 32.1. The van der Waals surface area contributed by atoms with E-state index < -0.39 is 0 Å². The van der Waals surface area contributed by atoms with Crippen LogP contribution in [-0.2, 0) is 4.74 Å². The highest BCUT2D eigenvalue weighted by Gasteiger charge is 2.15. The number of methoxy groups -OCH3 is 1. The zero-order valence-corrected chi connectivity index (χ0v) is 12.9. The van der Waals surface area contributed by atoms with Crippen molar-refractivity contribution in [3.05, 3.63) is 41.9 Å². The van der Waals surface area contributed by atoms with E-state index in [2.05, 4.69) is 9.97 Å². The highest BCUT2D eigenvalue weighted by Crippen LogP contribution is 2.31. The molecule has 0 bridgehead atoms. The Bertz CT molecular complexity index is 647. The van der Waals surface area contributed by atoms with Crippen LogP contribution in [0.15, 0.2) is 30.5 Å². The molecule has 0 fully saturated rings. The molecule has 0 atom stereocenters. The molecule has 0 saturated heterocycles. The predicted molar refractivity (Wildman–Crippen MR) is 83.2 cm³/mol. The Morgan fingerprint density at radius 3 is 2.62 bits per heavy atom. The molecule has 0 aliphatic rings. The molecule has 0 unspecified atom stereocenters. The average molecular weight is 304 g/mol. The molecule has 6 heteroatoms. The summed E-state index contributed by atoms with van der Waals surface area (Å²) in [4.78, 5) is 8.43. The van der Waals surface area contributed by atoms with Crippen LogP contribution in [0.3, 0.4) is 0 Å². The number of nitrogens with zero attached hydrogens (tertiary/aromatic N) is 2. The lowest BCUT2D eigenvalue weighted by molar-refractivity contribution is 0.334. The third kappa shape index (κ3) is 3.66. The second kappa shape index (κ2) is 6.99. The Labute approximate surface area is 128 Å². The molecule has 0 amide bonds. The van der Waals surface area contributed by atoms with E-state index in [9.17, 15) is 0 Å². The van der Waals surface area contributed by atoms with Gasteiger partial charge in [0.15, 0.2) is 16.5 Å². The van der Waals surface area contributed by atoms with Crippen molar-refractivity contribution in [3.63, 3.8) is 0 Å². The molecule has 0 radical (unpaired) electrons. The van der Waals surface area contributed by atoms with Crippen LogP contribution in [0.4, 0.5) is 0 Å². The second-order valence-corrected chi connectivity index (χ2v) is 4.48. The lowest BCUT2D eigenvalue weighted by Crippen LogP contribution is -2.08. The van der Waals surface area contributed by atoms with E-state index in [-0.39, 0.29) is 0 Å². The van der Waals surface area contributed by atoms with Crippen LogP contribution < -0.4 is 9.47 Å². The molecule has 1 aromatic carbocycles. The van der Waals surface area contributed by atoms with E-state index >= 15 is 0 Å². The van der Waals surface area contributed by atoms with Crippen molar-refractivity contribution >= 4 is 17.3 Å². The molecule has 1 heterocycles. The molecule has 2 rings (SSSR count). The van der Waals surface area contributed by atoms with Gasteiger partial charge in [0, 0.05) is 6.20 Å². The van der Waals surface area contributed by atoms with Crippen LogP contribution >= 0.6 is 12.2 Å². The van der Waals surface area contributed by atoms with Crippen molar-refractivity contribution in [1.82, 2.24) is 9.97 Å². The van der Waals surface area contributed by atoms with Crippen LogP contribution in [0.2, 0.25) is 0 Å². The monoisotopic (exact) mass is 304 g/mol. The molecular weight excluding hydrogens is 288 g/mol. The van der Waals surface area contributed by atoms with Gasteiger partial charge in [-0.05, 0) is 38.2 Å². The Morgan fingerprint density at radius 1 is 1.24 bits per heavy atom. The van der Waals surface area contributed by atoms with E-state index in [4.69, 9.17) is 26.4 Å². The fourth-order valence-corrected chi connectivity index (χ4v) is 1.94. The number of para-hydroxylation sites is 2. The summed E-state index contributed by atoms with van der Waals surface area (Å²) in [5.41, 5.74) is 0.545. The van der Waals surface area contributed by atoms with Crippen molar-refractivity contribution < 1.29 is 14.2 Å². The standard InChI is InChI=1S/C15H16N2O3S/c1-4-19-15(21)11-9-16-10(2)17-14(11)20-13-8-6-5-7-12(13)18-3/h5-9H,4H2,1-3H3. The molecule has 0 saturated carbocycles. The number of aryl methyl sites for hydroxylation is 1. The SMILES string of the molecule is CCOC(=S)c1cnc(C)nc1Oc1ccccc1OC. The second-order valence-electron chi connectivity index (χ2n) is 4.11.